The lowest BCUT2D eigenvalue weighted by Crippen LogP contribution is -2.46. The smallest absolute Gasteiger partial charge is 0.273 e. The van der Waals surface area contributed by atoms with Gasteiger partial charge in [-0.1, -0.05) is 0 Å². The second-order valence-corrected chi connectivity index (χ2v) is 8.08. The lowest BCUT2D eigenvalue weighted by atomic mass is 10.0. The van der Waals surface area contributed by atoms with Gasteiger partial charge in [0.2, 0.25) is 0 Å². The van der Waals surface area contributed by atoms with Crippen LogP contribution in [0.15, 0.2) is 5.38 Å². The first kappa shape index (κ1) is 16.8. The van der Waals surface area contributed by atoms with Crippen LogP contribution in [0.5, 0.6) is 0 Å². The van der Waals surface area contributed by atoms with Crippen LogP contribution >= 0.6 is 11.3 Å². The third kappa shape index (κ3) is 3.28. The van der Waals surface area contributed by atoms with E-state index in [2.05, 4.69) is 10.3 Å². The molecule has 0 saturated carbocycles. The van der Waals surface area contributed by atoms with Crippen LogP contribution in [-0.2, 0) is 0 Å². The van der Waals surface area contributed by atoms with Gasteiger partial charge in [-0.15, -0.1) is 11.3 Å². The van der Waals surface area contributed by atoms with Gasteiger partial charge in [0, 0.05) is 23.5 Å². The van der Waals surface area contributed by atoms with Crippen LogP contribution in [0.2, 0.25) is 0 Å². The van der Waals surface area contributed by atoms with Crippen molar-refractivity contribution in [1.29, 1.82) is 0 Å². The Morgan fingerprint density at radius 1 is 1.39 bits per heavy atom. The summed E-state index contributed by atoms with van der Waals surface area (Å²) in [4.78, 5) is 19.0. The first-order valence-electron chi connectivity index (χ1n) is 8.22. The summed E-state index contributed by atoms with van der Waals surface area (Å²) in [6.45, 7) is 5.15. The molecular formula is C16H25N3O3S. The molecule has 2 aliphatic rings. The van der Waals surface area contributed by atoms with E-state index in [0.717, 1.165) is 25.7 Å². The van der Waals surface area contributed by atoms with Crippen molar-refractivity contribution in [3.63, 3.8) is 0 Å². The minimum atomic E-state index is -0.988. The number of nitrogens with one attached hydrogen (secondary N) is 1. The number of amides is 1. The fraction of sp³-hybridized carbons (Fsp3) is 0.750. The van der Waals surface area contributed by atoms with Crippen molar-refractivity contribution in [2.45, 2.75) is 76.4 Å². The fourth-order valence-corrected chi connectivity index (χ4v) is 4.13. The first-order chi connectivity index (χ1) is 10.8. The number of hydrogen-bond acceptors (Lipinski definition) is 6. The highest BCUT2D eigenvalue weighted by Gasteiger charge is 2.43. The molecule has 0 spiro atoms. The van der Waals surface area contributed by atoms with Crippen LogP contribution in [-0.4, -0.2) is 49.7 Å². The van der Waals surface area contributed by atoms with E-state index in [-0.39, 0.29) is 11.9 Å². The van der Waals surface area contributed by atoms with Gasteiger partial charge in [-0.05, 0) is 46.5 Å². The molecular weight excluding hydrogens is 314 g/mol. The van der Waals surface area contributed by atoms with Crippen molar-refractivity contribution in [3.05, 3.63) is 16.1 Å². The number of carbonyl (C=O) groups excluding carboxylic acids is 1. The second-order valence-electron chi connectivity index (χ2n) is 7.19. The topological polar surface area (TPSA) is 85.7 Å². The minimum Gasteiger partial charge on any atom is -0.389 e. The quantitative estimate of drug-likeness (QED) is 0.710. The van der Waals surface area contributed by atoms with Gasteiger partial charge in [0.05, 0.1) is 5.60 Å². The Hall–Kier alpha value is -1.02. The van der Waals surface area contributed by atoms with E-state index in [4.69, 9.17) is 0 Å². The van der Waals surface area contributed by atoms with Crippen LogP contribution < -0.4 is 5.32 Å². The van der Waals surface area contributed by atoms with E-state index in [1.54, 1.807) is 26.2 Å². The maximum Gasteiger partial charge on any atom is 0.273 e. The molecule has 0 aliphatic carbocycles. The predicted molar refractivity (Wildman–Crippen MR) is 88.2 cm³/mol. The second kappa shape index (κ2) is 6.12. The fourth-order valence-electron chi connectivity index (χ4n) is 3.40. The lowest BCUT2D eigenvalue weighted by Gasteiger charge is -2.28. The van der Waals surface area contributed by atoms with E-state index < -0.39 is 11.8 Å². The Morgan fingerprint density at radius 3 is 2.48 bits per heavy atom. The molecule has 1 unspecified atom stereocenters. The average Bonchev–Trinajstić information content (AvgIpc) is 3.21. The molecule has 1 amide bonds. The maximum absolute atomic E-state index is 12.7. The number of carbonyl (C=O) groups is 1. The normalized spacial score (nSPS) is 26.6. The number of thiazole rings is 1. The largest absolute Gasteiger partial charge is 0.389 e. The molecule has 3 N–H and O–H groups in total. The summed E-state index contributed by atoms with van der Waals surface area (Å²) < 4.78 is 0. The van der Waals surface area contributed by atoms with E-state index in [1.807, 2.05) is 4.90 Å². The number of aliphatic hydroxyl groups is 2. The van der Waals surface area contributed by atoms with Crippen molar-refractivity contribution in [2.24, 2.45) is 0 Å². The summed E-state index contributed by atoms with van der Waals surface area (Å²) in [5.41, 5.74) is -0.536. The van der Waals surface area contributed by atoms with Gasteiger partial charge < -0.3 is 15.1 Å². The Labute approximate surface area is 140 Å². The van der Waals surface area contributed by atoms with Crippen LogP contribution in [0.3, 0.4) is 0 Å². The maximum atomic E-state index is 12.7. The molecule has 3 rings (SSSR count). The number of nitrogens with zero attached hydrogens (tertiary/aromatic N) is 2. The summed E-state index contributed by atoms with van der Waals surface area (Å²) in [6, 6.07) is 0.432. The van der Waals surface area contributed by atoms with Crippen molar-refractivity contribution < 1.29 is 15.0 Å². The molecule has 6 nitrogen and oxygen atoms in total. The zero-order valence-corrected chi connectivity index (χ0v) is 14.6. The van der Waals surface area contributed by atoms with Gasteiger partial charge in [-0.2, -0.15) is 0 Å². The average molecular weight is 339 g/mol. The highest BCUT2D eigenvalue weighted by molar-refractivity contribution is 7.09. The highest BCUT2D eigenvalue weighted by Crippen LogP contribution is 2.38. The molecule has 0 radical (unpaired) electrons. The third-order valence-corrected chi connectivity index (χ3v) is 6.03. The molecule has 2 saturated heterocycles. The molecule has 2 aliphatic heterocycles. The Bertz CT molecular complexity index is 563. The van der Waals surface area contributed by atoms with Crippen molar-refractivity contribution in [3.8, 4) is 0 Å². The number of aromatic nitrogens is 1. The zero-order chi connectivity index (χ0) is 16.8. The summed E-state index contributed by atoms with van der Waals surface area (Å²) in [5, 5.41) is 25.3. The predicted octanol–water partition coefficient (Wildman–Crippen LogP) is 1.65. The highest BCUT2D eigenvalue weighted by atomic mass is 32.1. The van der Waals surface area contributed by atoms with Gasteiger partial charge in [0.15, 0.2) is 6.23 Å². The molecule has 23 heavy (non-hydrogen) atoms. The number of aliphatic hydroxyl groups excluding tert-OH is 1. The zero-order valence-electron chi connectivity index (χ0n) is 13.8. The van der Waals surface area contributed by atoms with Gasteiger partial charge in [0.1, 0.15) is 10.7 Å². The molecule has 2 atom stereocenters. The minimum absolute atomic E-state index is 0.0137. The van der Waals surface area contributed by atoms with Crippen molar-refractivity contribution in [1.82, 2.24) is 15.2 Å². The molecule has 1 aromatic rings. The molecule has 7 heteroatoms. The van der Waals surface area contributed by atoms with E-state index in [9.17, 15) is 15.0 Å². The molecule has 0 aromatic carbocycles. The van der Waals surface area contributed by atoms with Crippen LogP contribution in [0.4, 0.5) is 0 Å². The standard InChI is InChI=1S/C16H25N3O3S/c1-9(16(2,3)22)17-13(20)14-18-12(8-23-14)15(21)19-10-4-5-11(19)7-6-10/h8-11,13,17,20,22H,4-7H2,1-3H3/t9-,10?,11?,13?/m0/s1. The Kier molecular flexibility index (Phi) is 4.48. The number of hydrogen-bond donors (Lipinski definition) is 3. The van der Waals surface area contributed by atoms with E-state index >= 15 is 0 Å². The van der Waals surface area contributed by atoms with Crippen molar-refractivity contribution >= 4 is 17.2 Å². The van der Waals surface area contributed by atoms with E-state index in [0.29, 0.717) is 22.8 Å². The number of fused-ring (bicyclic) bond motifs is 2. The van der Waals surface area contributed by atoms with Crippen LogP contribution in [0.1, 0.15) is 68.2 Å². The molecule has 128 valence electrons. The monoisotopic (exact) mass is 339 g/mol. The van der Waals surface area contributed by atoms with Crippen molar-refractivity contribution in [2.75, 3.05) is 0 Å². The molecule has 3 heterocycles. The SMILES string of the molecule is C[C@H](NC(O)c1nc(C(=O)N2C3CCC2CC3)cs1)C(C)(C)O. The summed E-state index contributed by atoms with van der Waals surface area (Å²) in [7, 11) is 0. The van der Waals surface area contributed by atoms with Crippen LogP contribution in [0.25, 0.3) is 0 Å². The number of rotatable bonds is 5. The van der Waals surface area contributed by atoms with Gasteiger partial charge in [-0.3, -0.25) is 10.1 Å². The van der Waals surface area contributed by atoms with Gasteiger partial charge >= 0.3 is 0 Å². The van der Waals surface area contributed by atoms with Gasteiger partial charge in [-0.25, -0.2) is 4.98 Å². The van der Waals surface area contributed by atoms with Gasteiger partial charge in [0.25, 0.3) is 5.91 Å². The van der Waals surface area contributed by atoms with E-state index in [1.165, 1.54) is 11.3 Å². The molecule has 2 bridgehead atoms. The van der Waals surface area contributed by atoms with Crippen LogP contribution in [0, 0.1) is 0 Å². The first-order valence-corrected chi connectivity index (χ1v) is 9.10. The third-order valence-electron chi connectivity index (χ3n) is 5.13. The lowest BCUT2D eigenvalue weighted by molar-refractivity contribution is 0.0132. The molecule has 1 aromatic heterocycles. The summed E-state index contributed by atoms with van der Waals surface area (Å²) in [6.07, 6.45) is 3.40. The Morgan fingerprint density at radius 2 is 1.96 bits per heavy atom. The molecule has 2 fully saturated rings. The Balaban J connectivity index is 1.67. The summed E-state index contributed by atoms with van der Waals surface area (Å²) >= 11 is 1.27. The summed E-state index contributed by atoms with van der Waals surface area (Å²) in [5.74, 6) is -0.0137.